The second-order valence-corrected chi connectivity index (χ2v) is 8.28. The molecule has 1 unspecified atom stereocenters. The molecule has 1 aromatic heterocycles. The fraction of sp³-hybridized carbons (Fsp3) is 0.250. The maximum atomic E-state index is 12.5. The van der Waals surface area contributed by atoms with Crippen LogP contribution in [0, 0.1) is 0 Å². The molecule has 156 valence electrons. The predicted molar refractivity (Wildman–Crippen MR) is 115 cm³/mol. The van der Waals surface area contributed by atoms with Crippen molar-refractivity contribution in [1.82, 2.24) is 10.3 Å². The minimum atomic E-state index is -3.96. The Kier molecular flexibility index (Phi) is 8.54. The fourth-order valence-corrected chi connectivity index (χ4v) is 4.18. The SMILES string of the molecule is CNCCC(O)c1ccc2ccc(OS(=O)(=O)c3ccccc3)c(Br)c2n1.CO. The molecule has 7 nitrogen and oxygen atoms in total. The summed E-state index contributed by atoms with van der Waals surface area (Å²) in [5, 5.41) is 21.0. The molecule has 0 spiro atoms. The number of nitrogens with zero attached hydrogens (tertiary/aromatic N) is 1. The lowest BCUT2D eigenvalue weighted by molar-refractivity contribution is 0.163. The number of hydrogen-bond donors (Lipinski definition) is 3. The first kappa shape index (κ1) is 23.2. The van der Waals surface area contributed by atoms with Crippen LogP contribution < -0.4 is 9.50 Å². The lowest BCUT2D eigenvalue weighted by atomic mass is 10.1. The van der Waals surface area contributed by atoms with Gasteiger partial charge < -0.3 is 19.7 Å². The van der Waals surface area contributed by atoms with Gasteiger partial charge in [-0.05, 0) is 66.3 Å². The third-order valence-electron chi connectivity index (χ3n) is 4.03. The number of benzene rings is 2. The summed E-state index contributed by atoms with van der Waals surface area (Å²) in [5.74, 6) is 0.140. The van der Waals surface area contributed by atoms with E-state index in [-0.39, 0.29) is 10.6 Å². The van der Waals surface area contributed by atoms with E-state index < -0.39 is 16.2 Å². The van der Waals surface area contributed by atoms with Crippen molar-refractivity contribution in [1.29, 1.82) is 0 Å². The first-order valence-electron chi connectivity index (χ1n) is 8.78. The van der Waals surface area contributed by atoms with Crippen LogP contribution in [0.4, 0.5) is 0 Å². The second-order valence-electron chi connectivity index (χ2n) is 5.94. The Morgan fingerprint density at radius 2 is 1.76 bits per heavy atom. The van der Waals surface area contributed by atoms with Crippen molar-refractivity contribution < 1.29 is 22.8 Å². The van der Waals surface area contributed by atoms with Gasteiger partial charge in [-0.2, -0.15) is 8.42 Å². The summed E-state index contributed by atoms with van der Waals surface area (Å²) in [6, 6.07) is 14.8. The number of aliphatic hydroxyl groups is 2. The molecule has 0 aliphatic carbocycles. The number of aliphatic hydroxyl groups excluding tert-OH is 2. The van der Waals surface area contributed by atoms with Crippen LogP contribution in [0.15, 0.2) is 64.0 Å². The third kappa shape index (κ3) is 5.74. The maximum Gasteiger partial charge on any atom is 0.339 e. The summed E-state index contributed by atoms with van der Waals surface area (Å²) in [6.45, 7) is 0.653. The number of nitrogens with one attached hydrogen (secondary N) is 1. The number of hydrogen-bond acceptors (Lipinski definition) is 7. The van der Waals surface area contributed by atoms with Gasteiger partial charge >= 0.3 is 10.1 Å². The molecule has 9 heteroatoms. The molecule has 29 heavy (non-hydrogen) atoms. The zero-order valence-corrected chi connectivity index (χ0v) is 18.4. The molecule has 0 amide bonds. The van der Waals surface area contributed by atoms with Crippen LogP contribution in [0.1, 0.15) is 18.2 Å². The van der Waals surface area contributed by atoms with Gasteiger partial charge in [-0.25, -0.2) is 4.98 Å². The quantitative estimate of drug-likeness (QED) is 0.444. The number of pyridine rings is 1. The van der Waals surface area contributed by atoms with E-state index in [0.29, 0.717) is 28.6 Å². The van der Waals surface area contributed by atoms with E-state index in [0.717, 1.165) is 12.5 Å². The highest BCUT2D eigenvalue weighted by Crippen LogP contribution is 2.34. The predicted octanol–water partition coefficient (Wildman–Crippen LogP) is 3.02. The number of halogens is 1. The molecule has 0 saturated heterocycles. The lowest BCUT2D eigenvalue weighted by Gasteiger charge is -2.13. The van der Waals surface area contributed by atoms with Gasteiger partial charge in [0.25, 0.3) is 0 Å². The minimum Gasteiger partial charge on any atom is -0.400 e. The van der Waals surface area contributed by atoms with Crippen molar-refractivity contribution in [2.45, 2.75) is 17.4 Å². The first-order chi connectivity index (χ1) is 13.9. The van der Waals surface area contributed by atoms with E-state index in [2.05, 4.69) is 26.2 Å². The van der Waals surface area contributed by atoms with Crippen molar-refractivity contribution in [2.24, 2.45) is 0 Å². The standard InChI is InChI=1S/C19H19BrN2O4S.CH4O/c1-21-12-11-16(23)15-9-7-13-8-10-17(18(20)19(13)22-15)26-27(24,25)14-5-3-2-4-6-14;1-2/h2-10,16,21,23H,11-12H2,1H3;2H,1H3. The van der Waals surface area contributed by atoms with Gasteiger partial charge in [-0.1, -0.05) is 24.3 Å². The van der Waals surface area contributed by atoms with Crippen molar-refractivity contribution in [3.05, 3.63) is 64.8 Å². The molecule has 1 atom stereocenters. The first-order valence-corrected chi connectivity index (χ1v) is 11.0. The Hall–Kier alpha value is -2.04. The Morgan fingerprint density at radius 3 is 2.41 bits per heavy atom. The molecular weight excluding hydrogens is 460 g/mol. The Bertz CT molecular complexity index is 1050. The van der Waals surface area contributed by atoms with Gasteiger partial charge in [0.2, 0.25) is 0 Å². The van der Waals surface area contributed by atoms with Gasteiger partial charge in [0.1, 0.15) is 4.90 Å². The Balaban J connectivity index is 0.00000145. The molecule has 0 bridgehead atoms. The van der Waals surface area contributed by atoms with Gasteiger partial charge in [-0.3, -0.25) is 0 Å². The minimum absolute atomic E-state index is 0.0706. The van der Waals surface area contributed by atoms with Gasteiger partial charge in [0.05, 0.1) is 21.8 Å². The summed E-state index contributed by atoms with van der Waals surface area (Å²) < 4.78 is 30.7. The largest absolute Gasteiger partial charge is 0.400 e. The molecule has 0 saturated carbocycles. The van der Waals surface area contributed by atoms with Gasteiger partial charge in [0, 0.05) is 12.5 Å². The Morgan fingerprint density at radius 1 is 1.10 bits per heavy atom. The van der Waals surface area contributed by atoms with Crippen LogP contribution in [0.25, 0.3) is 10.9 Å². The molecule has 3 N–H and O–H groups in total. The second kappa shape index (κ2) is 10.7. The topological polar surface area (TPSA) is 109 Å². The highest BCUT2D eigenvalue weighted by Gasteiger charge is 2.20. The van der Waals surface area contributed by atoms with Crippen LogP contribution in [-0.4, -0.2) is 44.3 Å². The van der Waals surface area contributed by atoms with E-state index in [4.69, 9.17) is 9.29 Å². The lowest BCUT2D eigenvalue weighted by Crippen LogP contribution is -2.13. The van der Waals surface area contributed by atoms with E-state index in [1.807, 2.05) is 13.1 Å². The van der Waals surface area contributed by atoms with Crippen LogP contribution >= 0.6 is 15.9 Å². The average Bonchev–Trinajstić information content (AvgIpc) is 2.76. The molecule has 0 radical (unpaired) electrons. The zero-order valence-electron chi connectivity index (χ0n) is 16.0. The number of rotatable bonds is 7. The molecule has 3 rings (SSSR count). The zero-order chi connectivity index (χ0) is 21.4. The van der Waals surface area contributed by atoms with Crippen molar-refractivity contribution >= 4 is 37.0 Å². The number of fused-ring (bicyclic) bond motifs is 1. The smallest absolute Gasteiger partial charge is 0.339 e. The van der Waals surface area contributed by atoms with Crippen molar-refractivity contribution in [3.8, 4) is 5.75 Å². The summed E-state index contributed by atoms with van der Waals surface area (Å²) >= 11 is 3.40. The molecule has 1 heterocycles. The van der Waals surface area contributed by atoms with Crippen LogP contribution in [0.2, 0.25) is 0 Å². The maximum absolute atomic E-state index is 12.5. The molecule has 0 aliphatic rings. The molecule has 2 aromatic carbocycles. The highest BCUT2D eigenvalue weighted by molar-refractivity contribution is 9.10. The highest BCUT2D eigenvalue weighted by atomic mass is 79.9. The molecule has 0 aliphatic heterocycles. The van der Waals surface area contributed by atoms with Crippen LogP contribution in [0.5, 0.6) is 5.75 Å². The van der Waals surface area contributed by atoms with Crippen LogP contribution in [-0.2, 0) is 10.1 Å². The van der Waals surface area contributed by atoms with Crippen LogP contribution in [0.3, 0.4) is 0 Å². The monoisotopic (exact) mass is 482 g/mol. The van der Waals surface area contributed by atoms with Gasteiger partial charge in [-0.15, -0.1) is 0 Å². The summed E-state index contributed by atoms with van der Waals surface area (Å²) in [7, 11) is -1.14. The van der Waals surface area contributed by atoms with Crippen molar-refractivity contribution in [2.75, 3.05) is 20.7 Å². The Labute approximate surface area is 178 Å². The normalized spacial score (nSPS) is 12.2. The molecule has 3 aromatic rings. The molecular formula is C20H23BrN2O5S. The molecule has 0 fully saturated rings. The number of aromatic nitrogens is 1. The van der Waals surface area contributed by atoms with E-state index in [1.165, 1.54) is 12.1 Å². The fourth-order valence-electron chi connectivity index (χ4n) is 2.58. The van der Waals surface area contributed by atoms with E-state index >= 15 is 0 Å². The van der Waals surface area contributed by atoms with E-state index in [1.54, 1.807) is 36.4 Å². The van der Waals surface area contributed by atoms with Crippen molar-refractivity contribution in [3.63, 3.8) is 0 Å². The van der Waals surface area contributed by atoms with E-state index in [9.17, 15) is 13.5 Å². The summed E-state index contributed by atoms with van der Waals surface area (Å²) in [5.41, 5.74) is 1.04. The van der Waals surface area contributed by atoms with Gasteiger partial charge in [0.15, 0.2) is 5.75 Å². The summed E-state index contributed by atoms with van der Waals surface area (Å²) in [4.78, 5) is 4.56. The third-order valence-corrected chi connectivity index (χ3v) is 6.04. The summed E-state index contributed by atoms with van der Waals surface area (Å²) in [6.07, 6.45) is -0.197. The average molecular weight is 483 g/mol.